The lowest BCUT2D eigenvalue weighted by atomic mass is 9.85. The van der Waals surface area contributed by atoms with Gasteiger partial charge in [0.25, 0.3) is 5.91 Å². The third kappa shape index (κ3) is 3.89. The zero-order valence-electron chi connectivity index (χ0n) is 13.2. The van der Waals surface area contributed by atoms with Crippen LogP contribution < -0.4 is 4.74 Å². The highest BCUT2D eigenvalue weighted by atomic mass is 19.1. The third-order valence-corrected chi connectivity index (χ3v) is 4.24. The maximum Gasteiger partial charge on any atom is 0.253 e. The van der Waals surface area contributed by atoms with Crippen molar-refractivity contribution >= 4 is 5.91 Å². The molecule has 1 aliphatic rings. The van der Waals surface area contributed by atoms with Crippen LogP contribution in [0.5, 0.6) is 11.5 Å². The van der Waals surface area contributed by atoms with Crippen molar-refractivity contribution in [1.82, 2.24) is 4.90 Å². The van der Waals surface area contributed by atoms with Crippen molar-refractivity contribution in [2.45, 2.75) is 19.3 Å². The molecule has 0 aliphatic heterocycles. The highest BCUT2D eigenvalue weighted by Gasteiger charge is 2.22. The average Bonchev–Trinajstić information content (AvgIpc) is 2.51. The number of amides is 1. The van der Waals surface area contributed by atoms with Gasteiger partial charge in [0.2, 0.25) is 0 Å². The third-order valence-electron chi connectivity index (χ3n) is 4.24. The summed E-state index contributed by atoms with van der Waals surface area (Å²) in [6, 6.07) is 12.9. The van der Waals surface area contributed by atoms with Crippen molar-refractivity contribution in [2.24, 2.45) is 5.92 Å². The van der Waals surface area contributed by atoms with E-state index in [1.165, 1.54) is 31.4 Å². The molecule has 1 fully saturated rings. The molecule has 3 nitrogen and oxygen atoms in total. The lowest BCUT2D eigenvalue weighted by molar-refractivity contribution is 0.0745. The minimum atomic E-state index is -0.341. The molecule has 2 aromatic rings. The molecule has 2 aromatic carbocycles. The number of rotatable bonds is 5. The fourth-order valence-electron chi connectivity index (χ4n) is 2.70. The molecule has 1 amide bonds. The number of halogens is 1. The SMILES string of the molecule is CN(CC1CCC1)C(=O)c1ccc(Oc2cccc(F)c2)cc1. The van der Waals surface area contributed by atoms with Crippen LogP contribution in [0.3, 0.4) is 0 Å². The largest absolute Gasteiger partial charge is 0.457 e. The normalized spacial score (nSPS) is 14.2. The summed E-state index contributed by atoms with van der Waals surface area (Å²) in [5, 5.41) is 0. The van der Waals surface area contributed by atoms with Crippen molar-refractivity contribution in [3.8, 4) is 11.5 Å². The molecule has 23 heavy (non-hydrogen) atoms. The van der Waals surface area contributed by atoms with E-state index in [1.807, 2.05) is 7.05 Å². The monoisotopic (exact) mass is 313 g/mol. The van der Waals surface area contributed by atoms with Crippen LogP contribution in [0.2, 0.25) is 0 Å². The van der Waals surface area contributed by atoms with E-state index >= 15 is 0 Å². The molecular weight excluding hydrogens is 293 g/mol. The van der Waals surface area contributed by atoms with Crippen molar-refractivity contribution < 1.29 is 13.9 Å². The molecule has 0 saturated heterocycles. The molecule has 0 heterocycles. The van der Waals surface area contributed by atoms with E-state index in [4.69, 9.17) is 4.74 Å². The fourth-order valence-corrected chi connectivity index (χ4v) is 2.70. The number of carbonyl (C=O) groups excluding carboxylic acids is 1. The van der Waals surface area contributed by atoms with E-state index in [1.54, 1.807) is 41.3 Å². The van der Waals surface area contributed by atoms with E-state index in [-0.39, 0.29) is 11.7 Å². The van der Waals surface area contributed by atoms with Crippen molar-refractivity contribution in [3.63, 3.8) is 0 Å². The van der Waals surface area contributed by atoms with Gasteiger partial charge in [-0.2, -0.15) is 0 Å². The second-order valence-corrected chi connectivity index (χ2v) is 6.07. The van der Waals surface area contributed by atoms with Gasteiger partial charge in [-0.15, -0.1) is 0 Å². The maximum atomic E-state index is 13.1. The Morgan fingerprint density at radius 1 is 1.17 bits per heavy atom. The number of hydrogen-bond acceptors (Lipinski definition) is 2. The second kappa shape index (κ2) is 6.82. The van der Waals surface area contributed by atoms with Crippen LogP contribution >= 0.6 is 0 Å². The van der Waals surface area contributed by atoms with Crippen LogP contribution in [0, 0.1) is 11.7 Å². The number of hydrogen-bond donors (Lipinski definition) is 0. The first-order chi connectivity index (χ1) is 11.1. The van der Waals surface area contributed by atoms with Gasteiger partial charge in [-0.25, -0.2) is 4.39 Å². The molecule has 4 heteroatoms. The van der Waals surface area contributed by atoms with Crippen LogP contribution in [-0.2, 0) is 0 Å². The topological polar surface area (TPSA) is 29.5 Å². The minimum absolute atomic E-state index is 0.0224. The first kappa shape index (κ1) is 15.5. The Morgan fingerprint density at radius 3 is 2.52 bits per heavy atom. The molecule has 0 N–H and O–H groups in total. The summed E-state index contributed by atoms with van der Waals surface area (Å²) in [6.07, 6.45) is 3.72. The Kier molecular flexibility index (Phi) is 4.60. The molecule has 0 radical (unpaired) electrons. The molecule has 3 rings (SSSR count). The maximum absolute atomic E-state index is 13.1. The summed E-state index contributed by atoms with van der Waals surface area (Å²) in [7, 11) is 1.85. The Labute approximate surface area is 135 Å². The lowest BCUT2D eigenvalue weighted by Gasteiger charge is -2.30. The Bertz CT molecular complexity index is 680. The molecule has 0 aromatic heterocycles. The van der Waals surface area contributed by atoms with Crippen molar-refractivity contribution in [2.75, 3.05) is 13.6 Å². The average molecular weight is 313 g/mol. The van der Waals surface area contributed by atoms with E-state index in [0.717, 1.165) is 6.54 Å². The van der Waals surface area contributed by atoms with E-state index in [2.05, 4.69) is 0 Å². The highest BCUT2D eigenvalue weighted by Crippen LogP contribution is 2.27. The van der Waals surface area contributed by atoms with Crippen LogP contribution in [0.4, 0.5) is 4.39 Å². The number of carbonyl (C=O) groups is 1. The van der Waals surface area contributed by atoms with E-state index in [0.29, 0.717) is 23.0 Å². The van der Waals surface area contributed by atoms with Gasteiger partial charge in [-0.1, -0.05) is 12.5 Å². The summed E-state index contributed by atoms with van der Waals surface area (Å²) in [5.74, 6) is 1.35. The number of nitrogens with zero attached hydrogens (tertiary/aromatic N) is 1. The lowest BCUT2D eigenvalue weighted by Crippen LogP contribution is -2.34. The highest BCUT2D eigenvalue weighted by molar-refractivity contribution is 5.94. The molecule has 1 aliphatic carbocycles. The first-order valence-corrected chi connectivity index (χ1v) is 7.91. The molecule has 0 atom stereocenters. The molecule has 1 saturated carbocycles. The van der Waals surface area contributed by atoms with Crippen molar-refractivity contribution in [1.29, 1.82) is 0 Å². The summed E-state index contributed by atoms with van der Waals surface area (Å²) >= 11 is 0. The van der Waals surface area contributed by atoms with Crippen LogP contribution in [-0.4, -0.2) is 24.4 Å². The van der Waals surface area contributed by atoms with Gasteiger partial charge in [-0.05, 0) is 55.2 Å². The Hall–Kier alpha value is -2.36. The van der Waals surface area contributed by atoms with Crippen LogP contribution in [0.25, 0.3) is 0 Å². The van der Waals surface area contributed by atoms with E-state index < -0.39 is 0 Å². The Balaban J connectivity index is 1.62. The minimum Gasteiger partial charge on any atom is -0.457 e. The number of ether oxygens (including phenoxy) is 1. The molecule has 0 bridgehead atoms. The predicted molar refractivity (Wildman–Crippen MR) is 87.2 cm³/mol. The Morgan fingerprint density at radius 2 is 1.91 bits per heavy atom. The van der Waals surface area contributed by atoms with Gasteiger partial charge in [0.1, 0.15) is 17.3 Å². The number of benzene rings is 2. The molecule has 0 spiro atoms. The summed E-state index contributed by atoms with van der Waals surface area (Å²) in [4.78, 5) is 14.2. The van der Waals surface area contributed by atoms with Crippen molar-refractivity contribution in [3.05, 3.63) is 59.9 Å². The van der Waals surface area contributed by atoms with Gasteiger partial charge >= 0.3 is 0 Å². The summed E-state index contributed by atoms with van der Waals surface area (Å²) in [6.45, 7) is 0.820. The van der Waals surface area contributed by atoms with Gasteiger partial charge < -0.3 is 9.64 Å². The van der Waals surface area contributed by atoms with Gasteiger partial charge in [0, 0.05) is 25.2 Å². The summed E-state index contributed by atoms with van der Waals surface area (Å²) < 4.78 is 18.7. The quantitative estimate of drug-likeness (QED) is 0.814. The zero-order valence-corrected chi connectivity index (χ0v) is 13.2. The van der Waals surface area contributed by atoms with Gasteiger partial charge in [0.05, 0.1) is 0 Å². The van der Waals surface area contributed by atoms with Crippen LogP contribution in [0.1, 0.15) is 29.6 Å². The summed E-state index contributed by atoms with van der Waals surface area (Å²) in [5.41, 5.74) is 0.637. The second-order valence-electron chi connectivity index (χ2n) is 6.07. The van der Waals surface area contributed by atoms with Crippen LogP contribution in [0.15, 0.2) is 48.5 Å². The fraction of sp³-hybridized carbons (Fsp3) is 0.316. The van der Waals surface area contributed by atoms with Gasteiger partial charge in [0.15, 0.2) is 0 Å². The van der Waals surface area contributed by atoms with Gasteiger partial charge in [-0.3, -0.25) is 4.79 Å². The smallest absolute Gasteiger partial charge is 0.253 e. The molecule has 120 valence electrons. The molecular formula is C19H20FNO2. The zero-order chi connectivity index (χ0) is 16.2. The predicted octanol–water partition coefficient (Wildman–Crippen LogP) is 4.49. The standard InChI is InChI=1S/C19H20FNO2/c1-21(13-14-4-2-5-14)19(22)15-8-10-17(11-9-15)23-18-7-3-6-16(20)12-18/h3,6-12,14H,2,4-5,13H2,1H3. The first-order valence-electron chi connectivity index (χ1n) is 7.91. The molecule has 0 unspecified atom stereocenters. The van der Waals surface area contributed by atoms with E-state index in [9.17, 15) is 9.18 Å².